The fourth-order valence-corrected chi connectivity index (χ4v) is 1.24. The van der Waals surface area contributed by atoms with Crippen LogP contribution in [0.1, 0.15) is 5.56 Å². The number of ether oxygens (including phenoxy) is 1. The monoisotopic (exact) mass is 216 g/mol. The van der Waals surface area contributed by atoms with Crippen molar-refractivity contribution in [3.8, 4) is 11.6 Å². The zero-order valence-electron chi connectivity index (χ0n) is 8.84. The average Bonchev–Trinajstić information content (AvgIpc) is 2.33. The van der Waals surface area contributed by atoms with Crippen molar-refractivity contribution >= 4 is 5.82 Å². The molecule has 0 amide bonds. The standard InChI is InChI=1S/C11H12N4O/c1-8-4-2-3-5-9(8)16-11-7-6-10(13-12)14-15-11/h2-7H,12H2,1H3,(H,13,14). The summed E-state index contributed by atoms with van der Waals surface area (Å²) < 4.78 is 5.57. The zero-order chi connectivity index (χ0) is 11.4. The molecule has 0 radical (unpaired) electrons. The number of aromatic nitrogens is 2. The molecule has 5 nitrogen and oxygen atoms in total. The van der Waals surface area contributed by atoms with Gasteiger partial charge in [-0.05, 0) is 24.6 Å². The maximum absolute atomic E-state index is 5.57. The van der Waals surface area contributed by atoms with E-state index in [0.29, 0.717) is 11.7 Å². The molecule has 16 heavy (non-hydrogen) atoms. The first-order chi connectivity index (χ1) is 7.79. The Bertz CT molecular complexity index is 470. The van der Waals surface area contributed by atoms with Gasteiger partial charge < -0.3 is 10.2 Å². The largest absolute Gasteiger partial charge is 0.437 e. The van der Waals surface area contributed by atoms with Crippen molar-refractivity contribution in [2.75, 3.05) is 5.43 Å². The minimum atomic E-state index is 0.438. The third-order valence-electron chi connectivity index (χ3n) is 2.10. The lowest BCUT2D eigenvalue weighted by molar-refractivity contribution is 0.452. The van der Waals surface area contributed by atoms with Crippen LogP contribution in [-0.2, 0) is 0 Å². The normalized spacial score (nSPS) is 9.88. The number of nitrogens with zero attached hydrogens (tertiary/aromatic N) is 2. The highest BCUT2D eigenvalue weighted by atomic mass is 16.5. The van der Waals surface area contributed by atoms with Gasteiger partial charge in [-0.3, -0.25) is 0 Å². The molecule has 0 fully saturated rings. The van der Waals surface area contributed by atoms with Gasteiger partial charge in [-0.2, -0.15) is 0 Å². The first-order valence-electron chi connectivity index (χ1n) is 4.83. The molecule has 3 N–H and O–H groups in total. The second-order valence-corrected chi connectivity index (χ2v) is 3.27. The lowest BCUT2D eigenvalue weighted by Crippen LogP contribution is -2.08. The predicted molar refractivity (Wildman–Crippen MR) is 61.1 cm³/mol. The number of hydrogen-bond donors (Lipinski definition) is 2. The van der Waals surface area contributed by atoms with Crippen molar-refractivity contribution in [1.82, 2.24) is 10.2 Å². The molecule has 82 valence electrons. The summed E-state index contributed by atoms with van der Waals surface area (Å²) in [6.07, 6.45) is 0. The second kappa shape index (κ2) is 4.59. The Balaban J connectivity index is 2.18. The van der Waals surface area contributed by atoms with E-state index in [9.17, 15) is 0 Å². The van der Waals surface area contributed by atoms with Gasteiger partial charge in [0.2, 0.25) is 5.88 Å². The lowest BCUT2D eigenvalue weighted by Gasteiger charge is -2.06. The van der Waals surface area contributed by atoms with E-state index in [-0.39, 0.29) is 0 Å². The van der Waals surface area contributed by atoms with E-state index in [4.69, 9.17) is 10.6 Å². The number of rotatable bonds is 3. The van der Waals surface area contributed by atoms with Gasteiger partial charge in [-0.15, -0.1) is 10.2 Å². The number of nitrogens with two attached hydrogens (primary N) is 1. The number of nitrogen functional groups attached to an aromatic ring is 1. The van der Waals surface area contributed by atoms with E-state index in [2.05, 4.69) is 15.6 Å². The molecule has 1 aromatic carbocycles. The SMILES string of the molecule is Cc1ccccc1Oc1ccc(NN)nn1. The summed E-state index contributed by atoms with van der Waals surface area (Å²) in [6, 6.07) is 11.1. The van der Waals surface area contributed by atoms with Crippen LogP contribution in [0.5, 0.6) is 11.6 Å². The van der Waals surface area contributed by atoms with Gasteiger partial charge in [0.25, 0.3) is 0 Å². The molecule has 5 heteroatoms. The van der Waals surface area contributed by atoms with Crippen LogP contribution in [0.25, 0.3) is 0 Å². The summed E-state index contributed by atoms with van der Waals surface area (Å²) in [7, 11) is 0. The van der Waals surface area contributed by atoms with Crippen molar-refractivity contribution < 1.29 is 4.74 Å². The van der Waals surface area contributed by atoms with E-state index in [0.717, 1.165) is 11.3 Å². The second-order valence-electron chi connectivity index (χ2n) is 3.27. The Labute approximate surface area is 93.2 Å². The van der Waals surface area contributed by atoms with Crippen molar-refractivity contribution in [1.29, 1.82) is 0 Å². The molecule has 0 aliphatic heterocycles. The fraction of sp³-hybridized carbons (Fsp3) is 0.0909. The van der Waals surface area contributed by atoms with Crippen molar-refractivity contribution in [2.24, 2.45) is 5.84 Å². The van der Waals surface area contributed by atoms with Crippen molar-refractivity contribution in [3.05, 3.63) is 42.0 Å². The molecule has 0 aliphatic rings. The summed E-state index contributed by atoms with van der Waals surface area (Å²) in [6.45, 7) is 1.97. The van der Waals surface area contributed by atoms with Gasteiger partial charge in [0.05, 0.1) is 0 Å². The molecule has 1 aromatic heterocycles. The minimum absolute atomic E-state index is 0.438. The molecule has 2 aromatic rings. The summed E-state index contributed by atoms with van der Waals surface area (Å²) in [5.41, 5.74) is 3.45. The molecule has 0 bridgehead atoms. The first-order valence-corrected chi connectivity index (χ1v) is 4.83. The Morgan fingerprint density at radius 3 is 2.56 bits per heavy atom. The molecule has 0 unspecified atom stereocenters. The van der Waals surface area contributed by atoms with Crippen LogP contribution in [0.4, 0.5) is 5.82 Å². The van der Waals surface area contributed by atoms with Crippen LogP contribution < -0.4 is 16.0 Å². The molecule has 0 aliphatic carbocycles. The number of para-hydroxylation sites is 1. The highest BCUT2D eigenvalue weighted by Gasteiger charge is 2.01. The van der Waals surface area contributed by atoms with Crippen LogP contribution in [0.3, 0.4) is 0 Å². The fourth-order valence-electron chi connectivity index (χ4n) is 1.24. The van der Waals surface area contributed by atoms with E-state index in [1.807, 2.05) is 31.2 Å². The Hall–Kier alpha value is -2.14. The Kier molecular flexibility index (Phi) is 2.98. The third-order valence-corrected chi connectivity index (χ3v) is 2.10. The Morgan fingerprint density at radius 2 is 1.94 bits per heavy atom. The number of nitrogens with one attached hydrogen (secondary N) is 1. The zero-order valence-corrected chi connectivity index (χ0v) is 8.84. The minimum Gasteiger partial charge on any atom is -0.437 e. The number of hydrogen-bond acceptors (Lipinski definition) is 5. The molecule has 0 spiro atoms. The van der Waals surface area contributed by atoms with Gasteiger partial charge >= 0.3 is 0 Å². The van der Waals surface area contributed by atoms with Crippen LogP contribution in [0.15, 0.2) is 36.4 Å². The maximum Gasteiger partial charge on any atom is 0.239 e. The van der Waals surface area contributed by atoms with Gasteiger partial charge in [0.15, 0.2) is 5.82 Å². The summed E-state index contributed by atoms with van der Waals surface area (Å²) in [5, 5.41) is 7.68. The molecule has 1 heterocycles. The molecule has 0 saturated heterocycles. The summed E-state index contributed by atoms with van der Waals surface area (Å²) in [5.74, 6) is 6.89. The van der Waals surface area contributed by atoms with Gasteiger partial charge in [-0.25, -0.2) is 5.84 Å². The molecule has 0 atom stereocenters. The van der Waals surface area contributed by atoms with Gasteiger partial charge in [-0.1, -0.05) is 18.2 Å². The smallest absolute Gasteiger partial charge is 0.239 e. The predicted octanol–water partition coefficient (Wildman–Crippen LogP) is 1.86. The lowest BCUT2D eigenvalue weighted by atomic mass is 10.2. The van der Waals surface area contributed by atoms with Crippen LogP contribution in [0.2, 0.25) is 0 Å². The molecular formula is C11H12N4O. The molecule has 0 saturated carbocycles. The van der Waals surface area contributed by atoms with Crippen molar-refractivity contribution in [2.45, 2.75) is 6.92 Å². The van der Waals surface area contributed by atoms with Gasteiger partial charge in [0.1, 0.15) is 5.75 Å². The average molecular weight is 216 g/mol. The first kappa shape index (κ1) is 10.4. The number of anilines is 1. The maximum atomic E-state index is 5.57. The van der Waals surface area contributed by atoms with Crippen LogP contribution in [0, 0.1) is 6.92 Å². The molecular weight excluding hydrogens is 204 g/mol. The van der Waals surface area contributed by atoms with Crippen molar-refractivity contribution in [3.63, 3.8) is 0 Å². The van der Waals surface area contributed by atoms with E-state index in [1.54, 1.807) is 12.1 Å². The highest BCUT2D eigenvalue weighted by Crippen LogP contribution is 2.22. The number of benzene rings is 1. The highest BCUT2D eigenvalue weighted by molar-refractivity contribution is 5.37. The number of hydrazine groups is 1. The number of aryl methyl sites for hydroxylation is 1. The van der Waals surface area contributed by atoms with Crippen LogP contribution >= 0.6 is 0 Å². The quantitative estimate of drug-likeness (QED) is 0.605. The van der Waals surface area contributed by atoms with Gasteiger partial charge in [0, 0.05) is 6.07 Å². The Morgan fingerprint density at radius 1 is 1.12 bits per heavy atom. The summed E-state index contributed by atoms with van der Waals surface area (Å²) in [4.78, 5) is 0. The van der Waals surface area contributed by atoms with E-state index < -0.39 is 0 Å². The third kappa shape index (κ3) is 2.26. The topological polar surface area (TPSA) is 73.1 Å². The van der Waals surface area contributed by atoms with Crippen LogP contribution in [-0.4, -0.2) is 10.2 Å². The van der Waals surface area contributed by atoms with E-state index >= 15 is 0 Å². The van der Waals surface area contributed by atoms with E-state index in [1.165, 1.54) is 0 Å². The molecule has 2 rings (SSSR count). The summed E-state index contributed by atoms with van der Waals surface area (Å²) >= 11 is 0.